The molecule has 53 heavy (non-hydrogen) atoms. The van der Waals surface area contributed by atoms with E-state index in [0.717, 1.165) is 19.3 Å². The van der Waals surface area contributed by atoms with Crippen molar-refractivity contribution in [2.45, 2.75) is 153 Å². The van der Waals surface area contributed by atoms with Crippen molar-refractivity contribution < 1.29 is 38.0 Å². The first-order valence-electron chi connectivity index (χ1n) is 19.3. The highest BCUT2D eigenvalue weighted by atomic mass is 19.1. The second-order valence-electron chi connectivity index (χ2n) is 13.9. The second kappa shape index (κ2) is 22.1. The number of rotatable bonds is 24. The Labute approximate surface area is 312 Å². The van der Waals surface area contributed by atoms with Gasteiger partial charge in [-0.2, -0.15) is 14.4 Å². The third-order valence-corrected chi connectivity index (χ3v) is 9.69. The maximum absolute atomic E-state index is 13.8. The Kier molecular flexibility index (Phi) is 17.3. The number of nitrogens with zero attached hydrogens (tertiary/aromatic N) is 4. The lowest BCUT2D eigenvalue weighted by Gasteiger charge is -2.25. The molecule has 2 aromatic heterocycles. The van der Waals surface area contributed by atoms with Gasteiger partial charge >= 0.3 is 18.2 Å². The number of nitrogens with two attached hydrogens (primary N) is 1. The fourth-order valence-corrected chi connectivity index (χ4v) is 6.53. The summed E-state index contributed by atoms with van der Waals surface area (Å²) in [6.45, 7) is 1.64. The fourth-order valence-electron chi connectivity index (χ4n) is 6.53. The molecule has 3 heterocycles. The zero-order chi connectivity index (χ0) is 37.9. The molecule has 0 spiro atoms. The molecule has 290 valence electrons. The minimum atomic E-state index is -1.70. The fraction of sp³-hybridized carbons (Fsp3) is 0.625. The molecular formula is C40H56FN5O7. The maximum Gasteiger partial charge on any atom is 0.508 e. The molecular weight excluding hydrogens is 681 g/mol. The molecule has 3 aromatic rings. The van der Waals surface area contributed by atoms with Gasteiger partial charge in [-0.3, -0.25) is 9.36 Å². The van der Waals surface area contributed by atoms with Crippen LogP contribution in [0.25, 0.3) is 11.2 Å². The van der Waals surface area contributed by atoms with E-state index in [-0.39, 0.29) is 36.0 Å². The van der Waals surface area contributed by atoms with E-state index < -0.39 is 36.8 Å². The molecule has 3 N–H and O–H groups in total. The van der Waals surface area contributed by atoms with Crippen LogP contribution in [0.1, 0.15) is 141 Å². The number of carbonyl (C=O) groups excluding carboxylic acids is 2. The predicted octanol–water partition coefficient (Wildman–Crippen LogP) is 8.50. The number of nitrogen functional groups attached to an aromatic ring is 1. The summed E-state index contributed by atoms with van der Waals surface area (Å²) >= 11 is 0. The number of imidazole rings is 1. The van der Waals surface area contributed by atoms with E-state index in [4.69, 9.17) is 31.1 Å². The summed E-state index contributed by atoms with van der Waals surface area (Å²) in [6, 6.07) is 6.63. The molecule has 1 saturated heterocycles. The van der Waals surface area contributed by atoms with Gasteiger partial charge in [0.25, 0.3) is 0 Å². The standard InChI is InChI=1S/C40H56FN5O7/c1-3-5-6-7-8-9-10-11-12-13-14-15-16-17-18-19-20-21-34(48)52-31-24-22-30(23-25-31)27-50-39(49)51-28-40(4-2)32(47)26-33(53-40)46-29-43-35-36(42)44-38(41)45-37(35)46/h2,22-25,29,32-33,47H,3,5-21,26-28H2,1H3,(H2,42,44,45)/t32-,33+,40+/m0/s1. The van der Waals surface area contributed by atoms with E-state index in [1.54, 1.807) is 24.3 Å². The Bertz CT molecular complexity index is 1610. The molecule has 3 atom stereocenters. The van der Waals surface area contributed by atoms with Crippen LogP contribution in [0, 0.1) is 18.4 Å². The Hall–Kier alpha value is -4.28. The van der Waals surface area contributed by atoms with Crippen LogP contribution >= 0.6 is 0 Å². The zero-order valence-corrected chi connectivity index (χ0v) is 31.1. The van der Waals surface area contributed by atoms with Crippen LogP contribution in [-0.4, -0.2) is 55.1 Å². The third kappa shape index (κ3) is 13.3. The number of aliphatic hydroxyl groups excluding tert-OH is 1. The summed E-state index contributed by atoms with van der Waals surface area (Å²) < 4.78 is 37.0. The van der Waals surface area contributed by atoms with Crippen LogP contribution in [0.15, 0.2) is 30.6 Å². The molecule has 1 aromatic carbocycles. The van der Waals surface area contributed by atoms with Gasteiger partial charge in [0, 0.05) is 12.8 Å². The summed E-state index contributed by atoms with van der Waals surface area (Å²) in [6.07, 6.45) is 25.0. The first-order chi connectivity index (χ1) is 25.7. The number of aromatic nitrogens is 4. The van der Waals surface area contributed by atoms with Crippen LogP contribution in [-0.2, 0) is 25.6 Å². The summed E-state index contributed by atoms with van der Waals surface area (Å²) in [5.41, 5.74) is 4.89. The van der Waals surface area contributed by atoms with Gasteiger partial charge in [0.1, 0.15) is 31.3 Å². The average molecular weight is 738 g/mol. The van der Waals surface area contributed by atoms with Crippen molar-refractivity contribution in [1.82, 2.24) is 19.5 Å². The molecule has 1 fully saturated rings. The zero-order valence-electron chi connectivity index (χ0n) is 31.1. The van der Waals surface area contributed by atoms with Crippen LogP contribution in [0.2, 0.25) is 0 Å². The number of fused-ring (bicyclic) bond motifs is 1. The SMILES string of the molecule is C#C[C@]1(COC(=O)OCc2ccc(OC(=O)CCCCCCCCCCCCCCCCCCC)cc2)O[C@@H](n2cnc3c(N)nc(F)nc32)C[C@@H]1O. The van der Waals surface area contributed by atoms with Crippen molar-refractivity contribution in [3.05, 3.63) is 42.2 Å². The number of benzene rings is 1. The lowest BCUT2D eigenvalue weighted by atomic mass is 9.99. The first kappa shape index (κ1) is 41.5. The van der Waals surface area contributed by atoms with Gasteiger partial charge in [0.2, 0.25) is 0 Å². The van der Waals surface area contributed by atoms with E-state index >= 15 is 0 Å². The lowest BCUT2D eigenvalue weighted by Crippen LogP contribution is -2.43. The molecule has 12 nitrogen and oxygen atoms in total. The summed E-state index contributed by atoms with van der Waals surface area (Å²) in [5.74, 6) is 2.36. The van der Waals surface area contributed by atoms with Gasteiger partial charge in [-0.15, -0.1) is 6.42 Å². The van der Waals surface area contributed by atoms with Crippen LogP contribution in [0.4, 0.5) is 15.0 Å². The van der Waals surface area contributed by atoms with Gasteiger partial charge < -0.3 is 29.8 Å². The first-order valence-corrected chi connectivity index (χ1v) is 19.3. The van der Waals surface area contributed by atoms with Gasteiger partial charge in [0.15, 0.2) is 22.6 Å². The van der Waals surface area contributed by atoms with Gasteiger partial charge in [-0.1, -0.05) is 128 Å². The van der Waals surface area contributed by atoms with Gasteiger partial charge in [0.05, 0.1) is 6.33 Å². The highest BCUT2D eigenvalue weighted by Gasteiger charge is 2.49. The monoisotopic (exact) mass is 737 g/mol. The van der Waals surface area contributed by atoms with Gasteiger partial charge in [-0.05, 0) is 24.1 Å². The summed E-state index contributed by atoms with van der Waals surface area (Å²) in [5, 5.41) is 10.8. The molecule has 0 radical (unpaired) electrons. The van der Waals surface area contributed by atoms with E-state index in [0.29, 0.717) is 17.7 Å². The molecule has 13 heteroatoms. The molecule has 0 amide bonds. The normalized spacial score (nSPS) is 18.2. The van der Waals surface area contributed by atoms with Gasteiger partial charge in [-0.25, -0.2) is 9.78 Å². The maximum atomic E-state index is 13.8. The minimum absolute atomic E-state index is 0.0178. The number of terminal acetylenes is 1. The molecule has 1 aliphatic rings. The number of ether oxygens (including phenoxy) is 4. The molecule has 0 bridgehead atoms. The Morgan fingerprint density at radius 1 is 0.943 bits per heavy atom. The van der Waals surface area contributed by atoms with Crippen molar-refractivity contribution in [3.8, 4) is 18.1 Å². The number of aliphatic hydroxyl groups is 1. The van der Waals surface area contributed by atoms with Crippen LogP contribution in [0.3, 0.4) is 0 Å². The molecule has 1 aliphatic heterocycles. The van der Waals surface area contributed by atoms with Crippen molar-refractivity contribution in [3.63, 3.8) is 0 Å². The largest absolute Gasteiger partial charge is 0.508 e. The van der Waals surface area contributed by atoms with Crippen molar-refractivity contribution in [2.75, 3.05) is 12.3 Å². The smallest absolute Gasteiger partial charge is 0.430 e. The third-order valence-electron chi connectivity index (χ3n) is 9.69. The number of unbranched alkanes of at least 4 members (excludes halogenated alkanes) is 16. The number of halogens is 1. The van der Waals surface area contributed by atoms with E-state index in [1.807, 2.05) is 0 Å². The number of carbonyl (C=O) groups is 2. The summed E-state index contributed by atoms with van der Waals surface area (Å²) in [4.78, 5) is 36.0. The van der Waals surface area contributed by atoms with Crippen molar-refractivity contribution >= 4 is 29.1 Å². The average Bonchev–Trinajstić information content (AvgIpc) is 3.72. The molecule has 0 unspecified atom stereocenters. The Morgan fingerprint density at radius 3 is 2.11 bits per heavy atom. The van der Waals surface area contributed by atoms with Crippen molar-refractivity contribution in [1.29, 1.82) is 0 Å². The van der Waals surface area contributed by atoms with Crippen molar-refractivity contribution in [2.24, 2.45) is 0 Å². The van der Waals surface area contributed by atoms with E-state index in [1.165, 1.54) is 101 Å². The number of hydrogen-bond donors (Lipinski definition) is 2. The minimum Gasteiger partial charge on any atom is -0.430 e. The van der Waals surface area contributed by atoms with Crippen LogP contribution < -0.4 is 10.5 Å². The quantitative estimate of drug-likeness (QED) is 0.0298. The Balaban J connectivity index is 1.04. The number of esters is 1. The molecule has 0 saturated carbocycles. The molecule has 4 rings (SSSR count). The topological polar surface area (TPSA) is 161 Å². The lowest BCUT2D eigenvalue weighted by molar-refractivity contribution is -0.134. The van der Waals surface area contributed by atoms with Crippen LogP contribution in [0.5, 0.6) is 5.75 Å². The summed E-state index contributed by atoms with van der Waals surface area (Å²) in [7, 11) is 0. The second-order valence-corrected chi connectivity index (χ2v) is 13.9. The number of anilines is 1. The van der Waals surface area contributed by atoms with E-state index in [9.17, 15) is 19.1 Å². The molecule has 0 aliphatic carbocycles. The Morgan fingerprint density at radius 2 is 1.53 bits per heavy atom. The van der Waals surface area contributed by atoms with E-state index in [2.05, 4.69) is 27.8 Å². The highest BCUT2D eigenvalue weighted by Crippen LogP contribution is 2.38. The number of hydrogen-bond acceptors (Lipinski definition) is 11. The predicted molar refractivity (Wildman–Crippen MR) is 199 cm³/mol. The highest BCUT2D eigenvalue weighted by molar-refractivity contribution is 5.81.